The molecule has 0 spiro atoms. The number of benzene rings is 1. The van der Waals surface area contributed by atoms with Crippen molar-refractivity contribution in [3.8, 4) is 0 Å². The molecule has 1 N–H and O–H groups in total. The number of hydrogen-bond acceptors (Lipinski definition) is 2. The van der Waals surface area contributed by atoms with Gasteiger partial charge in [-0.3, -0.25) is 9.48 Å². The van der Waals surface area contributed by atoms with Gasteiger partial charge in [0, 0.05) is 18.4 Å². The summed E-state index contributed by atoms with van der Waals surface area (Å²) in [5.74, 6) is -0.109. The van der Waals surface area contributed by atoms with Gasteiger partial charge in [0.15, 0.2) is 0 Å². The SMILES string of the molecule is CCn1cc(C(=O)Nc2cc(C)cc(C)c2)c(C)n1. The van der Waals surface area contributed by atoms with Gasteiger partial charge in [-0.25, -0.2) is 0 Å². The number of hydrogen-bond donors (Lipinski definition) is 1. The fourth-order valence-electron chi connectivity index (χ4n) is 2.15. The number of anilines is 1. The van der Waals surface area contributed by atoms with Gasteiger partial charge in [0.2, 0.25) is 0 Å². The van der Waals surface area contributed by atoms with Crippen LogP contribution in [0.5, 0.6) is 0 Å². The number of nitrogens with one attached hydrogen (secondary N) is 1. The minimum Gasteiger partial charge on any atom is -0.322 e. The number of rotatable bonds is 3. The van der Waals surface area contributed by atoms with Crippen LogP contribution in [0.15, 0.2) is 24.4 Å². The van der Waals surface area contributed by atoms with Crippen LogP contribution in [0.4, 0.5) is 5.69 Å². The minimum atomic E-state index is -0.109. The smallest absolute Gasteiger partial charge is 0.259 e. The van der Waals surface area contributed by atoms with Crippen LogP contribution in [0.25, 0.3) is 0 Å². The van der Waals surface area contributed by atoms with Crippen LogP contribution in [0.1, 0.15) is 34.1 Å². The van der Waals surface area contributed by atoms with Crippen LogP contribution in [-0.2, 0) is 6.54 Å². The van der Waals surface area contributed by atoms with E-state index < -0.39 is 0 Å². The van der Waals surface area contributed by atoms with Crippen LogP contribution < -0.4 is 5.32 Å². The Kier molecular flexibility index (Phi) is 3.69. The van der Waals surface area contributed by atoms with Crippen molar-refractivity contribution in [2.75, 3.05) is 5.32 Å². The quantitative estimate of drug-likeness (QED) is 0.918. The van der Waals surface area contributed by atoms with Gasteiger partial charge in [-0.15, -0.1) is 0 Å². The number of carbonyl (C=O) groups excluding carboxylic acids is 1. The third-order valence-corrected chi connectivity index (χ3v) is 2.99. The molecule has 1 amide bonds. The Balaban J connectivity index is 2.22. The molecule has 1 aromatic heterocycles. The van der Waals surface area contributed by atoms with Gasteiger partial charge >= 0.3 is 0 Å². The Morgan fingerprint density at radius 2 is 1.84 bits per heavy atom. The zero-order chi connectivity index (χ0) is 14.0. The fraction of sp³-hybridized carbons (Fsp3) is 0.333. The highest BCUT2D eigenvalue weighted by Crippen LogP contribution is 2.16. The van der Waals surface area contributed by atoms with E-state index in [1.54, 1.807) is 10.9 Å². The Labute approximate surface area is 113 Å². The predicted molar refractivity (Wildman–Crippen MR) is 76.5 cm³/mol. The molecule has 0 aliphatic heterocycles. The van der Waals surface area contributed by atoms with Crippen LogP contribution >= 0.6 is 0 Å². The van der Waals surface area contributed by atoms with Crippen LogP contribution in [0.2, 0.25) is 0 Å². The summed E-state index contributed by atoms with van der Waals surface area (Å²) >= 11 is 0. The molecular formula is C15H19N3O. The third-order valence-electron chi connectivity index (χ3n) is 2.99. The first-order valence-electron chi connectivity index (χ1n) is 6.43. The van der Waals surface area contributed by atoms with Gasteiger partial charge in [-0.1, -0.05) is 6.07 Å². The Morgan fingerprint density at radius 1 is 1.21 bits per heavy atom. The second-order valence-electron chi connectivity index (χ2n) is 4.81. The molecule has 4 nitrogen and oxygen atoms in total. The highest BCUT2D eigenvalue weighted by Gasteiger charge is 2.13. The summed E-state index contributed by atoms with van der Waals surface area (Å²) in [5.41, 5.74) is 4.48. The molecule has 19 heavy (non-hydrogen) atoms. The maximum Gasteiger partial charge on any atom is 0.259 e. The number of amides is 1. The molecule has 2 aromatic rings. The molecule has 0 bridgehead atoms. The average Bonchev–Trinajstić information content (AvgIpc) is 2.69. The van der Waals surface area contributed by atoms with E-state index in [2.05, 4.69) is 16.5 Å². The lowest BCUT2D eigenvalue weighted by molar-refractivity contribution is 0.102. The number of aromatic nitrogens is 2. The van der Waals surface area contributed by atoms with E-state index in [0.717, 1.165) is 29.1 Å². The molecule has 0 radical (unpaired) electrons. The summed E-state index contributed by atoms with van der Waals surface area (Å²) in [7, 11) is 0. The monoisotopic (exact) mass is 257 g/mol. The van der Waals surface area contributed by atoms with E-state index in [9.17, 15) is 4.79 Å². The van der Waals surface area contributed by atoms with E-state index in [1.165, 1.54) is 0 Å². The van der Waals surface area contributed by atoms with Crippen molar-refractivity contribution < 1.29 is 4.79 Å². The van der Waals surface area contributed by atoms with E-state index in [-0.39, 0.29) is 5.91 Å². The molecular weight excluding hydrogens is 238 g/mol. The van der Waals surface area contributed by atoms with E-state index in [4.69, 9.17) is 0 Å². The summed E-state index contributed by atoms with van der Waals surface area (Å²) in [4.78, 5) is 12.2. The molecule has 0 fully saturated rings. The molecule has 0 saturated heterocycles. The Bertz CT molecular complexity index is 594. The van der Waals surface area contributed by atoms with E-state index >= 15 is 0 Å². The maximum atomic E-state index is 12.2. The van der Waals surface area contributed by atoms with Crippen molar-refractivity contribution in [3.05, 3.63) is 46.8 Å². The maximum absolute atomic E-state index is 12.2. The zero-order valence-electron chi connectivity index (χ0n) is 11.8. The van der Waals surface area contributed by atoms with Crippen molar-refractivity contribution in [1.82, 2.24) is 9.78 Å². The van der Waals surface area contributed by atoms with Gasteiger partial charge in [-0.2, -0.15) is 5.10 Å². The van der Waals surface area contributed by atoms with E-state index in [0.29, 0.717) is 5.56 Å². The fourth-order valence-corrected chi connectivity index (χ4v) is 2.15. The molecule has 0 aliphatic rings. The van der Waals surface area contributed by atoms with Gasteiger partial charge in [0.05, 0.1) is 11.3 Å². The third kappa shape index (κ3) is 3.02. The molecule has 1 aromatic carbocycles. The summed E-state index contributed by atoms with van der Waals surface area (Å²) in [6.07, 6.45) is 1.79. The Hall–Kier alpha value is -2.10. The second-order valence-corrected chi connectivity index (χ2v) is 4.81. The van der Waals surface area contributed by atoms with Crippen molar-refractivity contribution in [2.24, 2.45) is 0 Å². The number of carbonyl (C=O) groups is 1. The first kappa shape index (κ1) is 13.3. The Morgan fingerprint density at radius 3 is 2.37 bits per heavy atom. The summed E-state index contributed by atoms with van der Waals surface area (Å²) in [5, 5.41) is 7.21. The second kappa shape index (κ2) is 5.26. The molecule has 0 saturated carbocycles. The highest BCUT2D eigenvalue weighted by atomic mass is 16.1. The normalized spacial score (nSPS) is 10.5. The lowest BCUT2D eigenvalue weighted by Crippen LogP contribution is -2.12. The van der Waals surface area contributed by atoms with Gasteiger partial charge in [-0.05, 0) is 51.0 Å². The van der Waals surface area contributed by atoms with Crippen LogP contribution in [0, 0.1) is 20.8 Å². The van der Waals surface area contributed by atoms with Gasteiger partial charge in [0.1, 0.15) is 0 Å². The summed E-state index contributed by atoms with van der Waals surface area (Å²) in [6.45, 7) is 8.64. The lowest BCUT2D eigenvalue weighted by atomic mass is 10.1. The molecule has 100 valence electrons. The van der Waals surface area contributed by atoms with E-state index in [1.807, 2.05) is 39.8 Å². The van der Waals surface area contributed by atoms with Crippen molar-refractivity contribution in [3.63, 3.8) is 0 Å². The molecule has 0 atom stereocenters. The first-order valence-corrected chi connectivity index (χ1v) is 6.43. The molecule has 0 aliphatic carbocycles. The largest absolute Gasteiger partial charge is 0.322 e. The minimum absolute atomic E-state index is 0.109. The van der Waals surface area contributed by atoms with Crippen molar-refractivity contribution in [1.29, 1.82) is 0 Å². The van der Waals surface area contributed by atoms with Crippen molar-refractivity contribution in [2.45, 2.75) is 34.2 Å². The topological polar surface area (TPSA) is 46.9 Å². The van der Waals surface area contributed by atoms with Crippen molar-refractivity contribution >= 4 is 11.6 Å². The lowest BCUT2D eigenvalue weighted by Gasteiger charge is -2.06. The summed E-state index contributed by atoms with van der Waals surface area (Å²) in [6, 6.07) is 6.00. The van der Waals surface area contributed by atoms with Crippen LogP contribution in [-0.4, -0.2) is 15.7 Å². The molecule has 2 rings (SSSR count). The summed E-state index contributed by atoms with van der Waals surface area (Å²) < 4.78 is 1.77. The van der Waals surface area contributed by atoms with Gasteiger partial charge < -0.3 is 5.32 Å². The number of nitrogens with zero attached hydrogens (tertiary/aromatic N) is 2. The predicted octanol–water partition coefficient (Wildman–Crippen LogP) is 3.08. The average molecular weight is 257 g/mol. The van der Waals surface area contributed by atoms with Gasteiger partial charge in [0.25, 0.3) is 5.91 Å². The van der Waals surface area contributed by atoms with Crippen LogP contribution in [0.3, 0.4) is 0 Å². The standard InChI is InChI=1S/C15H19N3O/c1-5-18-9-14(12(4)17-18)15(19)16-13-7-10(2)6-11(3)8-13/h6-9H,5H2,1-4H3,(H,16,19). The first-order chi connectivity index (χ1) is 8.99. The highest BCUT2D eigenvalue weighted by molar-refractivity contribution is 6.04. The zero-order valence-corrected chi connectivity index (χ0v) is 11.8. The number of aryl methyl sites for hydroxylation is 4. The molecule has 0 unspecified atom stereocenters. The molecule has 1 heterocycles. The molecule has 4 heteroatoms.